The number of carboxylic acid groups (broad SMARTS) is 2. The zero-order valence-electron chi connectivity index (χ0n) is 31.8. The predicted octanol–water partition coefficient (Wildman–Crippen LogP) is -2.00. The monoisotopic (exact) mass is 774 g/mol. The topological polar surface area (TPSA) is 296 Å². The summed E-state index contributed by atoms with van der Waals surface area (Å²) < 4.78 is 0. The van der Waals surface area contributed by atoms with Gasteiger partial charge in [-0.1, -0.05) is 58.0 Å². The molecule has 0 bridgehead atoms. The van der Waals surface area contributed by atoms with Gasteiger partial charge in [-0.3, -0.25) is 43.2 Å². The van der Waals surface area contributed by atoms with E-state index in [1.165, 1.54) is 11.8 Å². The van der Waals surface area contributed by atoms with Crippen molar-refractivity contribution in [1.29, 1.82) is 0 Å². The number of aliphatic carboxylic acids is 2. The number of benzene rings is 1. The summed E-state index contributed by atoms with van der Waals surface area (Å²) in [6.45, 7) is 7.39. The summed E-state index contributed by atoms with van der Waals surface area (Å²) in [5, 5.41) is 32.9. The molecule has 0 unspecified atom stereocenters. The van der Waals surface area contributed by atoms with Crippen LogP contribution in [0.1, 0.15) is 65.9 Å². The Morgan fingerprint density at radius 2 is 1.42 bits per heavy atom. The molecular formula is C36H54N8O11. The van der Waals surface area contributed by atoms with Crippen LogP contribution < -0.4 is 37.6 Å². The molecule has 0 aromatic heterocycles. The summed E-state index contributed by atoms with van der Waals surface area (Å²) in [5.74, 6) is -7.99. The lowest BCUT2D eigenvalue weighted by molar-refractivity contribution is -0.141. The molecule has 19 nitrogen and oxygen atoms in total. The fraction of sp³-hybridized carbons (Fsp3) is 0.583. The van der Waals surface area contributed by atoms with E-state index in [0.29, 0.717) is 12.0 Å². The maximum absolute atomic E-state index is 13.6. The van der Waals surface area contributed by atoms with Crippen molar-refractivity contribution in [2.24, 2.45) is 17.6 Å². The van der Waals surface area contributed by atoms with E-state index in [1.807, 2.05) is 13.8 Å². The first-order valence-electron chi connectivity index (χ1n) is 18.1. The van der Waals surface area contributed by atoms with Gasteiger partial charge >= 0.3 is 11.9 Å². The number of nitrogens with one attached hydrogen (secondary N) is 6. The molecule has 1 aromatic rings. The van der Waals surface area contributed by atoms with Crippen molar-refractivity contribution in [3.63, 3.8) is 0 Å². The van der Waals surface area contributed by atoms with Gasteiger partial charge in [0.1, 0.15) is 30.2 Å². The number of hydrogen-bond acceptors (Lipinski definition) is 10. The minimum atomic E-state index is -1.42. The van der Waals surface area contributed by atoms with E-state index in [2.05, 4.69) is 31.9 Å². The standard InChI is InChI=1S/C36H54N8O11/c1-19(2)14-24(33(51)43-30(20(3)4)35(53)38-17-27(45)40-21(5)36(54)55)42-34(52)26-12-9-13-44(26)28(46)18-39-32(50)25(15-22-10-7-6-8-11-22)41-31(49)23(37)16-29(47)48/h6-8,10-11,19-21,23-26,30H,9,12-18,37H2,1-5H3,(H,38,53)(H,39,50)(H,40,45)(H,41,49)(H,42,52)(H,43,51)(H,47,48)(H,54,55)/t21-,23-,24-,25-,26-,30-/m0/s1. The Morgan fingerprint density at radius 3 is 2.00 bits per heavy atom. The number of hydrogen-bond donors (Lipinski definition) is 9. The normalized spacial score (nSPS) is 16.5. The van der Waals surface area contributed by atoms with Crippen LogP contribution in [0.5, 0.6) is 0 Å². The molecule has 0 spiro atoms. The van der Waals surface area contributed by atoms with Crippen LogP contribution in [0.4, 0.5) is 0 Å². The molecule has 10 N–H and O–H groups in total. The quantitative estimate of drug-likeness (QED) is 0.0656. The van der Waals surface area contributed by atoms with Gasteiger partial charge in [0.15, 0.2) is 0 Å². The van der Waals surface area contributed by atoms with Crippen molar-refractivity contribution in [3.05, 3.63) is 35.9 Å². The highest BCUT2D eigenvalue weighted by Gasteiger charge is 2.37. The van der Waals surface area contributed by atoms with Crippen molar-refractivity contribution in [3.8, 4) is 0 Å². The average molecular weight is 775 g/mol. The molecule has 1 heterocycles. The smallest absolute Gasteiger partial charge is 0.325 e. The second kappa shape index (κ2) is 21.9. The minimum Gasteiger partial charge on any atom is -0.481 e. The Morgan fingerprint density at radius 1 is 0.782 bits per heavy atom. The third kappa shape index (κ3) is 15.4. The molecule has 1 saturated heterocycles. The molecule has 6 atom stereocenters. The second-order valence-corrected chi connectivity index (χ2v) is 14.2. The maximum Gasteiger partial charge on any atom is 0.325 e. The molecule has 19 heteroatoms. The third-order valence-corrected chi connectivity index (χ3v) is 8.69. The summed E-state index contributed by atoms with van der Waals surface area (Å²) in [7, 11) is 0. The van der Waals surface area contributed by atoms with Crippen LogP contribution in [-0.2, 0) is 49.6 Å². The lowest BCUT2D eigenvalue weighted by atomic mass is 9.99. The number of rotatable bonds is 21. The molecule has 0 radical (unpaired) electrons. The van der Waals surface area contributed by atoms with Crippen LogP contribution >= 0.6 is 0 Å². The molecule has 1 aliphatic heterocycles. The molecular weight excluding hydrogens is 720 g/mol. The number of amides is 7. The first-order chi connectivity index (χ1) is 25.8. The molecule has 1 aliphatic rings. The van der Waals surface area contributed by atoms with Gasteiger partial charge in [-0.2, -0.15) is 0 Å². The summed E-state index contributed by atoms with van der Waals surface area (Å²) in [4.78, 5) is 115. The second-order valence-electron chi connectivity index (χ2n) is 14.2. The molecule has 304 valence electrons. The van der Waals surface area contributed by atoms with Crippen LogP contribution in [0.3, 0.4) is 0 Å². The van der Waals surface area contributed by atoms with Crippen LogP contribution in [0.15, 0.2) is 30.3 Å². The third-order valence-electron chi connectivity index (χ3n) is 8.69. The first-order valence-corrected chi connectivity index (χ1v) is 18.1. The number of likely N-dealkylation sites (tertiary alicyclic amines) is 1. The highest BCUT2D eigenvalue weighted by Crippen LogP contribution is 2.19. The van der Waals surface area contributed by atoms with E-state index >= 15 is 0 Å². The van der Waals surface area contributed by atoms with Gasteiger partial charge in [0.2, 0.25) is 41.4 Å². The van der Waals surface area contributed by atoms with Crippen LogP contribution in [-0.4, -0.2) is 124 Å². The molecule has 55 heavy (non-hydrogen) atoms. The Labute approximate surface area is 319 Å². The zero-order chi connectivity index (χ0) is 41.4. The molecule has 7 amide bonds. The maximum atomic E-state index is 13.6. The van der Waals surface area contributed by atoms with Gasteiger partial charge in [-0.15, -0.1) is 0 Å². The van der Waals surface area contributed by atoms with Gasteiger partial charge in [-0.05, 0) is 43.6 Å². The van der Waals surface area contributed by atoms with E-state index in [1.54, 1.807) is 44.2 Å². The molecule has 0 saturated carbocycles. The van der Waals surface area contributed by atoms with Gasteiger partial charge < -0.3 is 52.7 Å². The summed E-state index contributed by atoms with van der Waals surface area (Å²) >= 11 is 0. The number of carbonyl (C=O) groups is 9. The summed E-state index contributed by atoms with van der Waals surface area (Å²) in [5.41, 5.74) is 6.36. The Hall–Kier alpha value is -5.59. The van der Waals surface area contributed by atoms with E-state index in [9.17, 15) is 43.2 Å². The van der Waals surface area contributed by atoms with E-state index in [4.69, 9.17) is 15.9 Å². The molecule has 2 rings (SSSR count). The fourth-order valence-electron chi connectivity index (χ4n) is 5.74. The SMILES string of the molecule is CC(C)C[C@H](NC(=O)[C@@H]1CCCN1C(=O)CNC(=O)[C@H](Cc1ccccc1)NC(=O)[C@@H](N)CC(=O)O)C(=O)N[C@H](C(=O)NCC(=O)N[C@@H](C)C(=O)O)C(C)C. The van der Waals surface area contributed by atoms with Crippen LogP contribution in [0.25, 0.3) is 0 Å². The number of carbonyl (C=O) groups excluding carboxylic acids is 7. The Kier molecular flexibility index (Phi) is 18.2. The average Bonchev–Trinajstić information content (AvgIpc) is 3.61. The van der Waals surface area contributed by atoms with E-state index in [-0.39, 0.29) is 31.7 Å². The van der Waals surface area contributed by atoms with Gasteiger partial charge in [0.05, 0.1) is 25.6 Å². The van der Waals surface area contributed by atoms with Gasteiger partial charge in [0.25, 0.3) is 0 Å². The van der Waals surface area contributed by atoms with E-state index in [0.717, 1.165) is 0 Å². The summed E-state index contributed by atoms with van der Waals surface area (Å²) in [6.07, 6.45) is 0.269. The van der Waals surface area contributed by atoms with Crippen LogP contribution in [0, 0.1) is 11.8 Å². The number of nitrogens with zero attached hydrogens (tertiary/aromatic N) is 1. The van der Waals surface area contributed by atoms with Crippen molar-refractivity contribution < 1.29 is 53.4 Å². The molecule has 0 aliphatic carbocycles. The highest BCUT2D eigenvalue weighted by molar-refractivity contribution is 5.97. The summed E-state index contributed by atoms with van der Waals surface area (Å²) in [6, 6.07) is 1.69. The lowest BCUT2D eigenvalue weighted by Crippen LogP contribution is -2.58. The fourth-order valence-corrected chi connectivity index (χ4v) is 5.74. The van der Waals surface area contributed by atoms with Gasteiger partial charge in [-0.25, -0.2) is 0 Å². The van der Waals surface area contributed by atoms with Crippen molar-refractivity contribution in [2.75, 3.05) is 19.6 Å². The molecule has 1 fully saturated rings. The largest absolute Gasteiger partial charge is 0.481 e. The highest BCUT2D eigenvalue weighted by atomic mass is 16.4. The zero-order valence-corrected chi connectivity index (χ0v) is 31.8. The number of carboxylic acids is 2. The predicted molar refractivity (Wildman–Crippen MR) is 196 cm³/mol. The van der Waals surface area contributed by atoms with Crippen molar-refractivity contribution >= 4 is 53.3 Å². The lowest BCUT2D eigenvalue weighted by Gasteiger charge is -2.29. The Bertz CT molecular complexity index is 1550. The first kappa shape index (κ1) is 45.6. The van der Waals surface area contributed by atoms with E-state index < -0.39 is 115 Å². The van der Waals surface area contributed by atoms with Gasteiger partial charge in [0, 0.05) is 13.0 Å². The van der Waals surface area contributed by atoms with Crippen LogP contribution in [0.2, 0.25) is 0 Å². The minimum absolute atomic E-state index is 0.0151. The van der Waals surface area contributed by atoms with Crippen molar-refractivity contribution in [1.82, 2.24) is 36.8 Å². The Balaban J connectivity index is 2.09. The van der Waals surface area contributed by atoms with Crippen molar-refractivity contribution in [2.45, 2.75) is 103 Å². The number of nitrogens with two attached hydrogens (primary N) is 1. The molecule has 1 aromatic carbocycles.